The van der Waals surface area contributed by atoms with Gasteiger partial charge in [0.05, 0.1) is 17.4 Å². The van der Waals surface area contributed by atoms with Crippen LogP contribution in [-0.2, 0) is 19.4 Å². The fourth-order valence-corrected chi connectivity index (χ4v) is 3.87. The van der Waals surface area contributed by atoms with Crippen molar-refractivity contribution >= 4 is 27.4 Å². The van der Waals surface area contributed by atoms with Gasteiger partial charge in [0.25, 0.3) is 0 Å². The molecule has 134 valence electrons. The summed E-state index contributed by atoms with van der Waals surface area (Å²) in [6, 6.07) is 7.44. The van der Waals surface area contributed by atoms with Gasteiger partial charge in [0.2, 0.25) is 9.84 Å². The molecule has 25 heavy (non-hydrogen) atoms. The number of carbonyl (C=O) groups is 1. The standard InChI is InChI=1S/C17H19ClN2O4S/c1-2-24-17(21)13-7-9-20(10-8-13)12-16(11-19)25(22,23)15-5-3-14(18)4-6-15/h3-6,12-13H,2,7-10H2,1H3. The summed E-state index contributed by atoms with van der Waals surface area (Å²) in [7, 11) is -3.90. The Hall–Kier alpha value is -2.04. The number of nitriles is 1. The topological polar surface area (TPSA) is 87.5 Å². The molecule has 1 heterocycles. The van der Waals surface area contributed by atoms with E-state index in [4.69, 9.17) is 16.3 Å². The van der Waals surface area contributed by atoms with E-state index >= 15 is 0 Å². The van der Waals surface area contributed by atoms with Crippen LogP contribution in [0.3, 0.4) is 0 Å². The van der Waals surface area contributed by atoms with E-state index in [9.17, 15) is 18.5 Å². The minimum Gasteiger partial charge on any atom is -0.466 e. The Kier molecular flexibility index (Phi) is 6.45. The Labute approximate surface area is 152 Å². The molecule has 0 spiro atoms. The molecule has 1 aromatic carbocycles. The van der Waals surface area contributed by atoms with E-state index in [-0.39, 0.29) is 21.7 Å². The fraction of sp³-hybridized carbons (Fsp3) is 0.412. The summed E-state index contributed by atoms with van der Waals surface area (Å²) < 4.78 is 30.2. The minimum absolute atomic E-state index is 0.0195. The first-order valence-corrected chi connectivity index (χ1v) is 9.78. The van der Waals surface area contributed by atoms with E-state index in [1.54, 1.807) is 17.9 Å². The number of ether oxygens (including phenoxy) is 1. The first kappa shape index (κ1) is 19.3. The molecule has 1 saturated heterocycles. The van der Waals surface area contributed by atoms with Gasteiger partial charge >= 0.3 is 5.97 Å². The third-order valence-corrected chi connectivity index (χ3v) is 5.89. The van der Waals surface area contributed by atoms with Crippen LogP contribution in [0.4, 0.5) is 0 Å². The van der Waals surface area contributed by atoms with Gasteiger partial charge in [-0.15, -0.1) is 0 Å². The van der Waals surface area contributed by atoms with Crippen LogP contribution >= 0.6 is 11.6 Å². The number of hydrogen-bond donors (Lipinski definition) is 0. The average molecular weight is 383 g/mol. The number of likely N-dealkylation sites (tertiary alicyclic amines) is 1. The van der Waals surface area contributed by atoms with Crippen molar-refractivity contribution in [3.05, 3.63) is 40.4 Å². The van der Waals surface area contributed by atoms with Gasteiger partial charge in [0, 0.05) is 24.3 Å². The predicted octanol–water partition coefficient (Wildman–Crippen LogP) is 2.75. The van der Waals surface area contributed by atoms with Crippen LogP contribution in [0.5, 0.6) is 0 Å². The normalized spacial score (nSPS) is 16.4. The van der Waals surface area contributed by atoms with E-state index in [0.29, 0.717) is 37.6 Å². The molecular formula is C17H19ClN2O4S. The number of sulfone groups is 1. The van der Waals surface area contributed by atoms with Crippen LogP contribution in [-0.4, -0.2) is 39.0 Å². The van der Waals surface area contributed by atoms with Crippen molar-refractivity contribution < 1.29 is 17.9 Å². The van der Waals surface area contributed by atoms with Gasteiger partial charge in [0.15, 0.2) is 4.91 Å². The van der Waals surface area contributed by atoms with E-state index in [1.807, 2.05) is 0 Å². The quantitative estimate of drug-likeness (QED) is 0.574. The van der Waals surface area contributed by atoms with E-state index < -0.39 is 9.84 Å². The SMILES string of the molecule is CCOC(=O)C1CCN(C=C(C#N)S(=O)(=O)c2ccc(Cl)cc2)CC1. The number of allylic oxidation sites excluding steroid dienone is 1. The van der Waals surface area contributed by atoms with Gasteiger partial charge < -0.3 is 9.64 Å². The maximum Gasteiger partial charge on any atom is 0.309 e. The Bertz CT molecular complexity index is 789. The summed E-state index contributed by atoms with van der Waals surface area (Å²) in [5.74, 6) is -0.400. The zero-order valence-corrected chi connectivity index (χ0v) is 15.4. The number of nitrogens with zero attached hydrogens (tertiary/aromatic N) is 2. The Morgan fingerprint density at radius 2 is 1.96 bits per heavy atom. The lowest BCUT2D eigenvalue weighted by Crippen LogP contribution is -2.34. The number of halogens is 1. The molecule has 6 nitrogen and oxygen atoms in total. The maximum atomic E-state index is 12.6. The molecule has 0 saturated carbocycles. The molecule has 1 aromatic rings. The lowest BCUT2D eigenvalue weighted by atomic mass is 9.97. The largest absolute Gasteiger partial charge is 0.466 e. The van der Waals surface area contributed by atoms with Gasteiger partial charge in [-0.05, 0) is 44.0 Å². The van der Waals surface area contributed by atoms with Crippen molar-refractivity contribution in [3.63, 3.8) is 0 Å². The molecule has 0 N–H and O–H groups in total. The number of hydrogen-bond acceptors (Lipinski definition) is 6. The molecule has 0 atom stereocenters. The van der Waals surface area contributed by atoms with Gasteiger partial charge in [-0.1, -0.05) is 11.6 Å². The number of carbonyl (C=O) groups excluding carboxylic acids is 1. The molecule has 0 amide bonds. The number of benzene rings is 1. The lowest BCUT2D eigenvalue weighted by Gasteiger charge is -2.30. The molecule has 1 aliphatic heterocycles. The van der Waals surface area contributed by atoms with Crippen molar-refractivity contribution in [2.24, 2.45) is 5.92 Å². The smallest absolute Gasteiger partial charge is 0.309 e. The third-order valence-electron chi connectivity index (χ3n) is 3.97. The summed E-state index contributed by atoms with van der Waals surface area (Å²) in [6.45, 7) is 3.09. The highest BCUT2D eigenvalue weighted by Gasteiger charge is 2.27. The summed E-state index contributed by atoms with van der Waals surface area (Å²) in [5.41, 5.74) is 0. The predicted molar refractivity (Wildman–Crippen MR) is 93.3 cm³/mol. The summed E-state index contributed by atoms with van der Waals surface area (Å²) in [5, 5.41) is 9.71. The van der Waals surface area contributed by atoms with Crippen LogP contribution in [0.15, 0.2) is 40.3 Å². The van der Waals surface area contributed by atoms with Crippen molar-refractivity contribution in [3.8, 4) is 6.07 Å². The van der Waals surface area contributed by atoms with Gasteiger partial charge in [-0.3, -0.25) is 4.79 Å². The zero-order chi connectivity index (χ0) is 18.4. The molecule has 0 bridgehead atoms. The van der Waals surface area contributed by atoms with Crippen LogP contribution in [0.25, 0.3) is 0 Å². The first-order chi connectivity index (χ1) is 11.9. The first-order valence-electron chi connectivity index (χ1n) is 7.91. The fourth-order valence-electron chi connectivity index (χ4n) is 2.59. The van der Waals surface area contributed by atoms with Crippen LogP contribution in [0.1, 0.15) is 19.8 Å². The lowest BCUT2D eigenvalue weighted by molar-refractivity contribution is -0.149. The average Bonchev–Trinajstić information content (AvgIpc) is 2.60. The summed E-state index contributed by atoms with van der Waals surface area (Å²) >= 11 is 5.77. The Morgan fingerprint density at radius 3 is 2.48 bits per heavy atom. The number of esters is 1. The molecule has 1 fully saturated rings. The maximum absolute atomic E-state index is 12.6. The molecule has 1 aliphatic rings. The molecule has 8 heteroatoms. The second kappa shape index (κ2) is 8.37. The highest BCUT2D eigenvalue weighted by Crippen LogP contribution is 2.24. The van der Waals surface area contributed by atoms with Gasteiger partial charge in [-0.2, -0.15) is 5.26 Å². The minimum atomic E-state index is -3.90. The Balaban J connectivity index is 2.12. The van der Waals surface area contributed by atoms with Crippen molar-refractivity contribution in [1.29, 1.82) is 5.26 Å². The highest BCUT2D eigenvalue weighted by atomic mass is 35.5. The monoisotopic (exact) mass is 382 g/mol. The summed E-state index contributed by atoms with van der Waals surface area (Å²) in [4.78, 5) is 13.2. The van der Waals surface area contributed by atoms with E-state index in [2.05, 4.69) is 0 Å². The molecule has 2 rings (SSSR count). The van der Waals surface area contributed by atoms with Crippen LogP contribution < -0.4 is 0 Å². The van der Waals surface area contributed by atoms with E-state index in [0.717, 1.165) is 0 Å². The molecule has 0 unspecified atom stereocenters. The molecule has 0 radical (unpaired) electrons. The number of piperidine rings is 1. The van der Waals surface area contributed by atoms with Crippen LogP contribution in [0.2, 0.25) is 5.02 Å². The second-order valence-corrected chi connectivity index (χ2v) is 7.98. The van der Waals surface area contributed by atoms with Gasteiger partial charge in [-0.25, -0.2) is 8.42 Å². The Morgan fingerprint density at radius 1 is 1.36 bits per heavy atom. The zero-order valence-electron chi connectivity index (χ0n) is 13.8. The van der Waals surface area contributed by atoms with Crippen molar-refractivity contribution in [2.45, 2.75) is 24.7 Å². The van der Waals surface area contributed by atoms with Crippen LogP contribution in [0, 0.1) is 17.2 Å². The van der Waals surface area contributed by atoms with E-state index in [1.165, 1.54) is 30.5 Å². The third kappa shape index (κ3) is 4.74. The number of rotatable bonds is 5. The molecular weight excluding hydrogens is 364 g/mol. The highest BCUT2D eigenvalue weighted by molar-refractivity contribution is 7.95. The molecule has 0 aromatic heterocycles. The van der Waals surface area contributed by atoms with Crippen molar-refractivity contribution in [2.75, 3.05) is 19.7 Å². The summed E-state index contributed by atoms with van der Waals surface area (Å²) in [6.07, 6.45) is 2.48. The molecule has 0 aliphatic carbocycles. The van der Waals surface area contributed by atoms with Crippen molar-refractivity contribution in [1.82, 2.24) is 4.90 Å². The second-order valence-electron chi connectivity index (χ2n) is 5.62. The van der Waals surface area contributed by atoms with Gasteiger partial charge in [0.1, 0.15) is 6.07 Å².